The van der Waals surface area contributed by atoms with Crippen molar-refractivity contribution in [2.75, 3.05) is 18.4 Å². The van der Waals surface area contributed by atoms with Crippen LogP contribution in [0.5, 0.6) is 0 Å². The summed E-state index contributed by atoms with van der Waals surface area (Å²) in [6, 6.07) is 17.8. The van der Waals surface area contributed by atoms with Gasteiger partial charge in [-0.15, -0.1) is 10.2 Å². The smallest absolute Gasteiger partial charge is 0.272 e. The maximum atomic E-state index is 16.6. The molecule has 1 aliphatic heterocycles. The summed E-state index contributed by atoms with van der Waals surface area (Å²) in [6.45, 7) is 1.85. The third kappa shape index (κ3) is 5.28. The van der Waals surface area contributed by atoms with Crippen LogP contribution < -0.4 is 5.32 Å². The second-order valence-electron chi connectivity index (χ2n) is 10.1. The summed E-state index contributed by atoms with van der Waals surface area (Å²) in [4.78, 5) is 36.6. The molecule has 0 spiro atoms. The van der Waals surface area contributed by atoms with Crippen LogP contribution in [0.4, 0.5) is 10.1 Å². The second kappa shape index (κ2) is 10.5. The summed E-state index contributed by atoms with van der Waals surface area (Å²) in [5, 5.41) is 15.1. The number of hydrogen-bond donors (Lipinski definition) is 1. The van der Waals surface area contributed by atoms with Gasteiger partial charge in [-0.05, 0) is 41.1 Å². The monoisotopic (exact) mass is 554 g/mol. The number of piperidine rings is 1. The molecule has 2 amide bonds. The molecule has 1 unspecified atom stereocenters. The average Bonchev–Trinajstić information content (AvgIpc) is 3.59. The van der Waals surface area contributed by atoms with E-state index in [0.29, 0.717) is 34.1 Å². The Balaban J connectivity index is 1.20. The number of alkyl halides is 1. The lowest BCUT2D eigenvalue weighted by Gasteiger charge is -2.40. The predicted octanol–water partition coefficient (Wildman–Crippen LogP) is 4.15. The fourth-order valence-electron chi connectivity index (χ4n) is 5.28. The number of aryl methyl sites for hydroxylation is 1. The molecular weight excluding hydrogens is 527 g/mol. The van der Waals surface area contributed by atoms with Crippen molar-refractivity contribution >= 4 is 28.6 Å². The number of anilines is 1. The van der Waals surface area contributed by atoms with Crippen LogP contribution in [-0.2, 0) is 11.8 Å². The van der Waals surface area contributed by atoms with Gasteiger partial charge in [-0.25, -0.2) is 9.37 Å². The van der Waals surface area contributed by atoms with Crippen molar-refractivity contribution in [3.05, 3.63) is 83.9 Å². The number of oxazole rings is 1. The van der Waals surface area contributed by atoms with Gasteiger partial charge in [0.2, 0.25) is 11.8 Å². The predicted molar refractivity (Wildman–Crippen MR) is 148 cm³/mol. The highest BCUT2D eigenvalue weighted by Gasteiger charge is 2.46. The third-order valence-corrected chi connectivity index (χ3v) is 7.25. The van der Waals surface area contributed by atoms with Crippen molar-refractivity contribution in [1.82, 2.24) is 35.1 Å². The molecule has 6 rings (SSSR count). The zero-order valence-corrected chi connectivity index (χ0v) is 22.5. The van der Waals surface area contributed by atoms with Crippen LogP contribution in [0.15, 0.2) is 71.3 Å². The first kappa shape index (κ1) is 26.2. The van der Waals surface area contributed by atoms with Crippen molar-refractivity contribution in [3.63, 3.8) is 0 Å². The van der Waals surface area contributed by atoms with Crippen molar-refractivity contribution < 1.29 is 18.4 Å². The number of rotatable bonds is 6. The number of halogens is 1. The van der Waals surface area contributed by atoms with Crippen molar-refractivity contribution in [2.24, 2.45) is 7.05 Å². The summed E-state index contributed by atoms with van der Waals surface area (Å²) in [6.07, 6.45) is 1.74. The number of hydrogen-bond acceptors (Lipinski definition) is 8. The fourth-order valence-corrected chi connectivity index (χ4v) is 5.28. The van der Waals surface area contributed by atoms with Crippen LogP contribution in [-0.4, -0.2) is 65.6 Å². The van der Waals surface area contributed by atoms with Gasteiger partial charge in [0, 0.05) is 50.3 Å². The molecule has 208 valence electrons. The molecule has 0 radical (unpaired) electrons. The third-order valence-electron chi connectivity index (χ3n) is 7.25. The molecule has 1 atom stereocenters. The van der Waals surface area contributed by atoms with Gasteiger partial charge in [0.05, 0.1) is 13.0 Å². The molecule has 11 nitrogen and oxygen atoms in total. The van der Waals surface area contributed by atoms with Gasteiger partial charge in [-0.2, -0.15) is 4.80 Å². The van der Waals surface area contributed by atoms with Gasteiger partial charge in [-0.3, -0.25) is 14.6 Å². The average molecular weight is 555 g/mol. The van der Waals surface area contributed by atoms with E-state index in [1.54, 1.807) is 42.3 Å². The second-order valence-corrected chi connectivity index (χ2v) is 10.1. The highest BCUT2D eigenvalue weighted by Crippen LogP contribution is 2.43. The molecule has 1 fully saturated rings. The standard InChI is InChI=1S/C29H27FN8O3/c1-18(39)32-21-8-9-24-22(17-21)33-27(41-24)20-10-13-31-23(16-20)28(40)38-14-11-29(30,12-15-38)25(19-6-4-3-5-7-19)26-34-36-37(2)35-26/h3-10,13,16-17,25H,11-12,14-15H2,1-2H3,(H,32,39). The van der Waals surface area contributed by atoms with E-state index in [2.05, 4.69) is 30.7 Å². The summed E-state index contributed by atoms with van der Waals surface area (Å²) in [5.74, 6) is -0.555. The largest absolute Gasteiger partial charge is 0.436 e. The van der Waals surface area contributed by atoms with Gasteiger partial charge in [0.25, 0.3) is 5.91 Å². The van der Waals surface area contributed by atoms with Crippen LogP contribution in [0.2, 0.25) is 0 Å². The lowest BCUT2D eigenvalue weighted by Crippen LogP contribution is -2.48. The van der Waals surface area contributed by atoms with E-state index in [-0.39, 0.29) is 43.4 Å². The molecule has 3 aromatic heterocycles. The number of amides is 2. The molecule has 12 heteroatoms. The molecule has 2 aromatic carbocycles. The Bertz CT molecular complexity index is 1730. The van der Waals surface area contributed by atoms with Gasteiger partial charge in [0.15, 0.2) is 11.4 Å². The van der Waals surface area contributed by atoms with Crippen molar-refractivity contribution in [3.8, 4) is 11.5 Å². The Morgan fingerprint density at radius 2 is 1.85 bits per heavy atom. The number of benzene rings is 2. The number of aromatic nitrogens is 6. The van der Waals surface area contributed by atoms with Crippen molar-refractivity contribution in [2.45, 2.75) is 31.4 Å². The molecule has 4 heterocycles. The minimum absolute atomic E-state index is 0.109. The molecule has 0 saturated carbocycles. The van der Waals surface area contributed by atoms with Crippen LogP contribution in [0.3, 0.4) is 0 Å². The normalized spacial score (nSPS) is 15.5. The van der Waals surface area contributed by atoms with Crippen LogP contribution in [0.1, 0.15) is 47.6 Å². The van der Waals surface area contributed by atoms with Crippen LogP contribution >= 0.6 is 0 Å². The van der Waals surface area contributed by atoms with Gasteiger partial charge in [-0.1, -0.05) is 30.3 Å². The molecule has 1 saturated heterocycles. The summed E-state index contributed by atoms with van der Waals surface area (Å²) in [7, 11) is 1.65. The Morgan fingerprint density at radius 1 is 1.07 bits per heavy atom. The Hall–Kier alpha value is -5.00. The van der Waals surface area contributed by atoms with E-state index in [1.807, 2.05) is 30.3 Å². The van der Waals surface area contributed by atoms with E-state index < -0.39 is 11.6 Å². The number of nitrogens with one attached hydrogen (secondary N) is 1. The molecule has 0 bridgehead atoms. The minimum Gasteiger partial charge on any atom is -0.436 e. The Morgan fingerprint density at radius 3 is 2.56 bits per heavy atom. The van der Waals surface area contributed by atoms with E-state index in [9.17, 15) is 9.59 Å². The quantitative estimate of drug-likeness (QED) is 0.331. The fraction of sp³-hybridized carbons (Fsp3) is 0.276. The maximum Gasteiger partial charge on any atom is 0.272 e. The first-order valence-corrected chi connectivity index (χ1v) is 13.2. The van der Waals surface area contributed by atoms with Crippen LogP contribution in [0, 0.1) is 0 Å². The van der Waals surface area contributed by atoms with E-state index in [0.717, 1.165) is 5.56 Å². The first-order valence-electron chi connectivity index (χ1n) is 13.2. The van der Waals surface area contributed by atoms with E-state index in [4.69, 9.17) is 4.42 Å². The van der Waals surface area contributed by atoms with Gasteiger partial charge < -0.3 is 14.6 Å². The van der Waals surface area contributed by atoms with Gasteiger partial charge in [0.1, 0.15) is 16.9 Å². The molecule has 1 aliphatic rings. The lowest BCUT2D eigenvalue weighted by atomic mass is 9.76. The maximum absolute atomic E-state index is 16.6. The van der Waals surface area contributed by atoms with E-state index >= 15 is 4.39 Å². The number of carbonyl (C=O) groups is 2. The number of tetrazole rings is 1. The Labute approximate surface area is 234 Å². The minimum atomic E-state index is -1.66. The highest BCUT2D eigenvalue weighted by atomic mass is 19.1. The zero-order chi connectivity index (χ0) is 28.6. The molecule has 41 heavy (non-hydrogen) atoms. The summed E-state index contributed by atoms with van der Waals surface area (Å²) >= 11 is 0. The lowest BCUT2D eigenvalue weighted by molar-refractivity contribution is -0.114. The molecular formula is C29H27FN8O3. The zero-order valence-electron chi connectivity index (χ0n) is 22.5. The molecule has 0 aliphatic carbocycles. The molecule has 1 N–H and O–H groups in total. The molecule has 5 aromatic rings. The van der Waals surface area contributed by atoms with E-state index in [1.165, 1.54) is 17.9 Å². The SMILES string of the molecule is CC(=O)Nc1ccc2oc(-c3ccnc(C(=O)N4CCC(F)(C(c5ccccc5)c5nnn(C)n5)CC4)c3)nc2c1. The van der Waals surface area contributed by atoms with Crippen molar-refractivity contribution in [1.29, 1.82) is 0 Å². The van der Waals surface area contributed by atoms with Crippen LogP contribution in [0.25, 0.3) is 22.6 Å². The Kier molecular flexibility index (Phi) is 6.73. The number of likely N-dealkylation sites (tertiary alicyclic amines) is 1. The number of carbonyl (C=O) groups excluding carboxylic acids is 2. The topological polar surface area (TPSA) is 132 Å². The number of fused-ring (bicyclic) bond motifs is 1. The first-order chi connectivity index (χ1) is 19.8. The number of nitrogens with zero attached hydrogens (tertiary/aromatic N) is 7. The summed E-state index contributed by atoms with van der Waals surface area (Å²) in [5.41, 5.74) is 1.61. The highest BCUT2D eigenvalue weighted by molar-refractivity contribution is 5.94. The number of pyridine rings is 1. The van der Waals surface area contributed by atoms with Gasteiger partial charge >= 0.3 is 0 Å². The summed E-state index contributed by atoms with van der Waals surface area (Å²) < 4.78 is 22.5.